The number of carbonyl (C=O) groups is 1. The number of aromatic nitrogens is 2. The minimum absolute atomic E-state index is 0.0358. The highest BCUT2D eigenvalue weighted by atomic mass is 35.5. The first kappa shape index (κ1) is 17.7. The number of carbonyl (C=O) groups excluding carboxylic acids is 1. The van der Waals surface area contributed by atoms with Crippen LogP contribution in [0.3, 0.4) is 0 Å². The number of fused-ring (bicyclic) bond motifs is 1. The van der Waals surface area contributed by atoms with Gasteiger partial charge in [-0.25, -0.2) is 9.97 Å². The van der Waals surface area contributed by atoms with E-state index in [0.717, 1.165) is 6.42 Å². The van der Waals surface area contributed by atoms with Gasteiger partial charge in [-0.15, -0.1) is 0 Å². The molecule has 1 aromatic carbocycles. The SMILES string of the molecule is CCC1[C@@H](Oc2nc3cc(OC)ccc3nc2Cl)CN[C@@H]1C(=O)OC. The lowest BCUT2D eigenvalue weighted by Crippen LogP contribution is -2.37. The van der Waals surface area contributed by atoms with Crippen molar-refractivity contribution in [2.75, 3.05) is 20.8 Å². The van der Waals surface area contributed by atoms with E-state index in [-0.39, 0.29) is 29.0 Å². The largest absolute Gasteiger partial charge is 0.497 e. The van der Waals surface area contributed by atoms with Gasteiger partial charge in [0.05, 0.1) is 25.3 Å². The van der Waals surface area contributed by atoms with Crippen molar-refractivity contribution in [1.29, 1.82) is 0 Å². The third kappa shape index (κ3) is 3.48. The number of halogens is 1. The van der Waals surface area contributed by atoms with Gasteiger partial charge < -0.3 is 19.5 Å². The molecule has 3 rings (SSSR count). The topological polar surface area (TPSA) is 82.6 Å². The predicted octanol–water partition coefficient (Wildman–Crippen LogP) is 2.21. The van der Waals surface area contributed by atoms with Crippen molar-refractivity contribution >= 4 is 28.6 Å². The van der Waals surface area contributed by atoms with Crippen LogP contribution in [0.4, 0.5) is 0 Å². The summed E-state index contributed by atoms with van der Waals surface area (Å²) in [5.41, 5.74) is 1.28. The van der Waals surface area contributed by atoms with Gasteiger partial charge in [0.2, 0.25) is 0 Å². The molecule has 1 saturated heterocycles. The maximum atomic E-state index is 11.9. The number of esters is 1. The molecule has 1 N–H and O–H groups in total. The normalized spacial score (nSPS) is 22.8. The third-order valence-electron chi connectivity index (χ3n) is 4.43. The van der Waals surface area contributed by atoms with E-state index in [1.807, 2.05) is 6.92 Å². The number of hydrogen-bond acceptors (Lipinski definition) is 7. The van der Waals surface area contributed by atoms with E-state index in [1.165, 1.54) is 7.11 Å². The molecule has 1 fully saturated rings. The zero-order valence-electron chi connectivity index (χ0n) is 14.3. The van der Waals surface area contributed by atoms with Gasteiger partial charge in [-0.3, -0.25) is 4.79 Å². The number of methoxy groups -OCH3 is 2. The van der Waals surface area contributed by atoms with Crippen LogP contribution >= 0.6 is 11.6 Å². The van der Waals surface area contributed by atoms with E-state index < -0.39 is 6.04 Å². The fourth-order valence-electron chi connectivity index (χ4n) is 3.12. The smallest absolute Gasteiger partial charge is 0.323 e. The zero-order chi connectivity index (χ0) is 18.0. The minimum atomic E-state index is -0.396. The van der Waals surface area contributed by atoms with Crippen LogP contribution in [0.15, 0.2) is 18.2 Å². The Bertz CT molecular complexity index is 786. The third-order valence-corrected chi connectivity index (χ3v) is 4.68. The lowest BCUT2D eigenvalue weighted by molar-refractivity contribution is -0.144. The quantitative estimate of drug-likeness (QED) is 0.813. The van der Waals surface area contributed by atoms with Gasteiger partial charge in [-0.2, -0.15) is 0 Å². The molecular formula is C17H20ClN3O4. The first-order chi connectivity index (χ1) is 12.1. The highest BCUT2D eigenvalue weighted by Gasteiger charge is 2.41. The Morgan fingerprint density at radius 2 is 2.12 bits per heavy atom. The molecule has 1 aliphatic rings. The summed E-state index contributed by atoms with van der Waals surface area (Å²) in [6, 6.07) is 4.96. The molecule has 0 saturated carbocycles. The van der Waals surface area contributed by atoms with Crippen LogP contribution in [0.2, 0.25) is 5.15 Å². The van der Waals surface area contributed by atoms with E-state index in [0.29, 0.717) is 23.3 Å². The number of nitrogens with one attached hydrogen (secondary N) is 1. The van der Waals surface area contributed by atoms with Gasteiger partial charge in [-0.05, 0) is 18.6 Å². The molecule has 7 nitrogen and oxygen atoms in total. The van der Waals surface area contributed by atoms with Gasteiger partial charge in [0.1, 0.15) is 17.9 Å². The zero-order valence-corrected chi connectivity index (χ0v) is 15.0. The van der Waals surface area contributed by atoms with Gasteiger partial charge in [0.15, 0.2) is 5.15 Å². The highest BCUT2D eigenvalue weighted by Crippen LogP contribution is 2.30. The van der Waals surface area contributed by atoms with Crippen molar-refractivity contribution in [3.05, 3.63) is 23.4 Å². The lowest BCUT2D eigenvalue weighted by Gasteiger charge is -2.22. The van der Waals surface area contributed by atoms with Crippen LogP contribution in [-0.2, 0) is 9.53 Å². The van der Waals surface area contributed by atoms with E-state index in [2.05, 4.69) is 15.3 Å². The van der Waals surface area contributed by atoms with Crippen LogP contribution in [-0.4, -0.2) is 48.8 Å². The number of nitrogens with zero attached hydrogens (tertiary/aromatic N) is 2. The molecule has 2 aromatic rings. The number of ether oxygens (including phenoxy) is 3. The number of rotatable bonds is 5. The molecule has 8 heteroatoms. The second kappa shape index (κ2) is 7.41. The fourth-order valence-corrected chi connectivity index (χ4v) is 3.29. The molecule has 0 bridgehead atoms. The molecule has 0 aliphatic carbocycles. The molecule has 1 unspecified atom stereocenters. The monoisotopic (exact) mass is 365 g/mol. The number of hydrogen-bond donors (Lipinski definition) is 1. The summed E-state index contributed by atoms with van der Waals surface area (Å²) in [5, 5.41) is 3.33. The van der Waals surface area contributed by atoms with E-state index >= 15 is 0 Å². The Balaban J connectivity index is 1.86. The van der Waals surface area contributed by atoms with Crippen molar-refractivity contribution in [2.24, 2.45) is 5.92 Å². The summed E-state index contributed by atoms with van der Waals surface area (Å²) in [4.78, 5) is 20.7. The summed E-state index contributed by atoms with van der Waals surface area (Å²) < 4.78 is 16.1. The molecule has 1 aliphatic heterocycles. The summed E-state index contributed by atoms with van der Waals surface area (Å²) in [6.07, 6.45) is 0.508. The van der Waals surface area contributed by atoms with Gasteiger partial charge in [0, 0.05) is 18.5 Å². The molecule has 25 heavy (non-hydrogen) atoms. The standard InChI is InChI=1S/C17H20ClN3O4/c1-4-10-13(8-19-14(10)17(22)24-3)25-16-15(18)20-11-6-5-9(23-2)7-12(11)21-16/h5-7,10,13-14,19H,4,8H2,1-3H3/t10?,13-,14-/m0/s1. The van der Waals surface area contributed by atoms with Crippen molar-refractivity contribution in [1.82, 2.24) is 15.3 Å². The predicted molar refractivity (Wildman–Crippen MR) is 93.1 cm³/mol. The fraction of sp³-hybridized carbons (Fsp3) is 0.471. The second-order valence-corrected chi connectivity index (χ2v) is 6.17. The van der Waals surface area contributed by atoms with Gasteiger partial charge in [-0.1, -0.05) is 18.5 Å². The molecule has 0 radical (unpaired) electrons. The van der Waals surface area contributed by atoms with Crippen LogP contribution in [0, 0.1) is 5.92 Å². The Kier molecular flexibility index (Phi) is 5.24. The van der Waals surface area contributed by atoms with E-state index in [1.54, 1.807) is 25.3 Å². The van der Waals surface area contributed by atoms with Crippen molar-refractivity contribution in [3.8, 4) is 11.6 Å². The van der Waals surface area contributed by atoms with Crippen molar-refractivity contribution < 1.29 is 19.0 Å². The number of benzene rings is 1. The van der Waals surface area contributed by atoms with E-state index in [9.17, 15) is 4.79 Å². The van der Waals surface area contributed by atoms with Crippen LogP contribution in [0.25, 0.3) is 11.0 Å². The summed E-state index contributed by atoms with van der Waals surface area (Å²) >= 11 is 6.23. The molecular weight excluding hydrogens is 346 g/mol. The van der Waals surface area contributed by atoms with Crippen molar-refractivity contribution in [2.45, 2.75) is 25.5 Å². The molecule has 134 valence electrons. The highest BCUT2D eigenvalue weighted by molar-refractivity contribution is 6.31. The van der Waals surface area contributed by atoms with Crippen molar-refractivity contribution in [3.63, 3.8) is 0 Å². The van der Waals surface area contributed by atoms with Crippen LogP contribution in [0.1, 0.15) is 13.3 Å². The molecule has 1 aromatic heterocycles. The van der Waals surface area contributed by atoms with Crippen LogP contribution < -0.4 is 14.8 Å². The molecule has 3 atom stereocenters. The average molecular weight is 366 g/mol. The summed E-state index contributed by atoms with van der Waals surface area (Å²) in [7, 11) is 2.97. The Morgan fingerprint density at radius 1 is 1.32 bits per heavy atom. The average Bonchev–Trinajstić information content (AvgIpc) is 3.03. The lowest BCUT2D eigenvalue weighted by atomic mass is 9.95. The summed E-state index contributed by atoms with van der Waals surface area (Å²) in [5.74, 6) is 0.595. The van der Waals surface area contributed by atoms with Gasteiger partial charge in [0.25, 0.3) is 5.88 Å². The molecule has 0 spiro atoms. The Morgan fingerprint density at radius 3 is 2.80 bits per heavy atom. The first-order valence-electron chi connectivity index (χ1n) is 8.06. The van der Waals surface area contributed by atoms with E-state index in [4.69, 9.17) is 25.8 Å². The van der Waals surface area contributed by atoms with Crippen LogP contribution in [0.5, 0.6) is 11.6 Å². The minimum Gasteiger partial charge on any atom is -0.497 e. The Hall–Kier alpha value is -2.12. The molecule has 0 amide bonds. The maximum Gasteiger partial charge on any atom is 0.323 e. The molecule has 2 heterocycles. The maximum absolute atomic E-state index is 11.9. The first-order valence-corrected chi connectivity index (χ1v) is 8.44. The Labute approximate surface area is 150 Å². The summed E-state index contributed by atoms with van der Waals surface area (Å²) in [6.45, 7) is 2.51. The second-order valence-electron chi connectivity index (χ2n) is 5.81. The van der Waals surface area contributed by atoms with Gasteiger partial charge >= 0.3 is 5.97 Å².